The van der Waals surface area contributed by atoms with Crippen LogP contribution in [0.5, 0.6) is 0 Å². The molecule has 0 fully saturated rings. The molecule has 4 heteroatoms. The highest BCUT2D eigenvalue weighted by Crippen LogP contribution is 2.16. The van der Waals surface area contributed by atoms with E-state index in [1.165, 1.54) is 5.56 Å². The predicted octanol–water partition coefficient (Wildman–Crippen LogP) is 2.73. The third kappa shape index (κ3) is 4.03. The van der Waals surface area contributed by atoms with Crippen LogP contribution in [-0.2, 0) is 6.42 Å². The van der Waals surface area contributed by atoms with Crippen molar-refractivity contribution in [2.24, 2.45) is 5.73 Å². The van der Waals surface area contributed by atoms with E-state index in [0.29, 0.717) is 5.95 Å². The summed E-state index contributed by atoms with van der Waals surface area (Å²) in [5.74, 6) is 0.647. The molecule has 0 spiro atoms. The molecule has 0 aliphatic carbocycles. The number of rotatable bonds is 5. The molecular formula is C15H20N4. The first-order valence-corrected chi connectivity index (χ1v) is 6.55. The number of nitrogens with one attached hydrogen (secondary N) is 1. The van der Waals surface area contributed by atoms with Gasteiger partial charge in [-0.15, -0.1) is 0 Å². The Morgan fingerprint density at radius 2 is 1.84 bits per heavy atom. The summed E-state index contributed by atoms with van der Waals surface area (Å²) in [6.07, 6.45) is 2.00. The summed E-state index contributed by atoms with van der Waals surface area (Å²) in [6, 6.07) is 10.3. The molecule has 1 aromatic carbocycles. The third-order valence-corrected chi connectivity index (χ3v) is 2.83. The van der Waals surface area contributed by atoms with Crippen LogP contribution in [-0.4, -0.2) is 16.5 Å². The molecule has 2 aromatic rings. The summed E-state index contributed by atoms with van der Waals surface area (Å²) in [4.78, 5) is 8.76. The van der Waals surface area contributed by atoms with E-state index >= 15 is 0 Å². The van der Waals surface area contributed by atoms with Gasteiger partial charge < -0.3 is 11.1 Å². The van der Waals surface area contributed by atoms with Crippen molar-refractivity contribution >= 4 is 11.6 Å². The largest absolute Gasteiger partial charge is 0.330 e. The van der Waals surface area contributed by atoms with Crippen LogP contribution in [0.1, 0.15) is 23.4 Å². The van der Waals surface area contributed by atoms with Gasteiger partial charge in [0.05, 0.1) is 0 Å². The lowest BCUT2D eigenvalue weighted by molar-refractivity contribution is 0.833. The first kappa shape index (κ1) is 13.5. The van der Waals surface area contributed by atoms with Crippen molar-refractivity contribution in [2.75, 3.05) is 11.9 Å². The fourth-order valence-electron chi connectivity index (χ4n) is 2.02. The van der Waals surface area contributed by atoms with Crippen molar-refractivity contribution in [2.45, 2.75) is 26.7 Å². The van der Waals surface area contributed by atoms with Crippen molar-refractivity contribution in [1.82, 2.24) is 9.97 Å². The molecule has 0 saturated carbocycles. The van der Waals surface area contributed by atoms with Gasteiger partial charge in [-0.2, -0.15) is 0 Å². The van der Waals surface area contributed by atoms with Crippen LogP contribution in [0.3, 0.4) is 0 Å². The lowest BCUT2D eigenvalue weighted by Crippen LogP contribution is -2.02. The summed E-state index contributed by atoms with van der Waals surface area (Å²) in [7, 11) is 0. The average molecular weight is 256 g/mol. The standard InChI is InChI=1S/C15H20N4/c1-11-9-12(2)18-15(17-11)19-14-7-3-5-13(10-14)6-4-8-16/h3,5,7,9-10H,4,6,8,16H2,1-2H3,(H,17,18,19). The zero-order valence-corrected chi connectivity index (χ0v) is 11.5. The maximum absolute atomic E-state index is 5.54. The Kier molecular flexibility index (Phi) is 4.47. The molecule has 0 amide bonds. The smallest absolute Gasteiger partial charge is 0.227 e. The number of aryl methyl sites for hydroxylation is 3. The molecule has 1 aromatic heterocycles. The van der Waals surface area contributed by atoms with E-state index in [1.807, 2.05) is 32.0 Å². The molecule has 0 aliphatic heterocycles. The highest BCUT2D eigenvalue weighted by Gasteiger charge is 2.01. The van der Waals surface area contributed by atoms with E-state index in [4.69, 9.17) is 5.73 Å². The number of nitrogens with two attached hydrogens (primary N) is 1. The molecular weight excluding hydrogens is 236 g/mol. The average Bonchev–Trinajstić information content (AvgIpc) is 2.35. The van der Waals surface area contributed by atoms with Crippen LogP contribution >= 0.6 is 0 Å². The zero-order valence-electron chi connectivity index (χ0n) is 11.5. The van der Waals surface area contributed by atoms with Gasteiger partial charge >= 0.3 is 0 Å². The molecule has 0 bridgehead atoms. The zero-order chi connectivity index (χ0) is 13.7. The number of benzene rings is 1. The number of aromatic nitrogens is 2. The highest BCUT2D eigenvalue weighted by atomic mass is 15.1. The monoisotopic (exact) mass is 256 g/mol. The van der Waals surface area contributed by atoms with Gasteiger partial charge in [-0.1, -0.05) is 12.1 Å². The van der Waals surface area contributed by atoms with Gasteiger partial charge in [-0.3, -0.25) is 0 Å². The van der Waals surface area contributed by atoms with Crippen molar-refractivity contribution in [3.63, 3.8) is 0 Å². The summed E-state index contributed by atoms with van der Waals surface area (Å²) in [6.45, 7) is 4.66. The van der Waals surface area contributed by atoms with E-state index in [0.717, 1.165) is 36.5 Å². The van der Waals surface area contributed by atoms with Crippen LogP contribution < -0.4 is 11.1 Å². The molecule has 0 unspecified atom stereocenters. The maximum Gasteiger partial charge on any atom is 0.227 e. The second-order valence-electron chi connectivity index (χ2n) is 4.69. The van der Waals surface area contributed by atoms with Crippen LogP contribution in [0.2, 0.25) is 0 Å². The summed E-state index contributed by atoms with van der Waals surface area (Å²) in [5.41, 5.74) is 9.76. The van der Waals surface area contributed by atoms with Crippen LogP contribution in [0, 0.1) is 13.8 Å². The summed E-state index contributed by atoms with van der Waals surface area (Å²) < 4.78 is 0. The van der Waals surface area contributed by atoms with Crippen molar-refractivity contribution in [1.29, 1.82) is 0 Å². The lowest BCUT2D eigenvalue weighted by atomic mass is 10.1. The molecule has 19 heavy (non-hydrogen) atoms. The Hall–Kier alpha value is -1.94. The second-order valence-corrected chi connectivity index (χ2v) is 4.69. The maximum atomic E-state index is 5.54. The SMILES string of the molecule is Cc1cc(C)nc(Nc2cccc(CCCN)c2)n1. The number of hydrogen-bond acceptors (Lipinski definition) is 4. The molecule has 0 radical (unpaired) electrons. The van der Waals surface area contributed by atoms with Crippen molar-refractivity contribution < 1.29 is 0 Å². The number of anilines is 2. The van der Waals surface area contributed by atoms with Gasteiger partial charge in [0.2, 0.25) is 5.95 Å². The van der Waals surface area contributed by atoms with Crippen molar-refractivity contribution in [3.05, 3.63) is 47.3 Å². The number of hydrogen-bond donors (Lipinski definition) is 2. The van der Waals surface area contributed by atoms with Gasteiger partial charge in [-0.05, 0) is 57.0 Å². The Balaban J connectivity index is 2.13. The highest BCUT2D eigenvalue weighted by molar-refractivity contribution is 5.54. The minimum Gasteiger partial charge on any atom is -0.330 e. The third-order valence-electron chi connectivity index (χ3n) is 2.83. The Bertz CT molecular complexity index is 531. The topological polar surface area (TPSA) is 63.8 Å². The minimum atomic E-state index is 0.647. The molecule has 3 N–H and O–H groups in total. The first-order chi connectivity index (χ1) is 9.17. The van der Waals surface area contributed by atoms with Crippen LogP contribution in [0.4, 0.5) is 11.6 Å². The van der Waals surface area contributed by atoms with Crippen LogP contribution in [0.25, 0.3) is 0 Å². The Morgan fingerprint density at radius 1 is 1.11 bits per heavy atom. The van der Waals surface area contributed by atoms with Crippen LogP contribution in [0.15, 0.2) is 30.3 Å². The normalized spacial score (nSPS) is 10.5. The van der Waals surface area contributed by atoms with E-state index < -0.39 is 0 Å². The second kappa shape index (κ2) is 6.29. The van der Waals surface area contributed by atoms with E-state index in [-0.39, 0.29) is 0 Å². The molecule has 0 saturated heterocycles. The molecule has 4 nitrogen and oxygen atoms in total. The molecule has 1 heterocycles. The Morgan fingerprint density at radius 3 is 2.53 bits per heavy atom. The van der Waals surface area contributed by atoms with E-state index in [9.17, 15) is 0 Å². The van der Waals surface area contributed by atoms with E-state index in [2.05, 4.69) is 27.4 Å². The molecule has 100 valence electrons. The first-order valence-electron chi connectivity index (χ1n) is 6.55. The molecule has 2 rings (SSSR count). The minimum absolute atomic E-state index is 0.647. The lowest BCUT2D eigenvalue weighted by Gasteiger charge is -2.08. The summed E-state index contributed by atoms with van der Waals surface area (Å²) >= 11 is 0. The Labute approximate surface area is 114 Å². The fraction of sp³-hybridized carbons (Fsp3) is 0.333. The van der Waals surface area contributed by atoms with E-state index in [1.54, 1.807) is 0 Å². The van der Waals surface area contributed by atoms with Gasteiger partial charge in [0, 0.05) is 17.1 Å². The quantitative estimate of drug-likeness (QED) is 0.863. The summed E-state index contributed by atoms with van der Waals surface area (Å²) in [5, 5.41) is 3.25. The van der Waals surface area contributed by atoms with Crippen molar-refractivity contribution in [3.8, 4) is 0 Å². The van der Waals surface area contributed by atoms with Gasteiger partial charge in [0.15, 0.2) is 0 Å². The fourth-order valence-corrected chi connectivity index (χ4v) is 2.02. The molecule has 0 aliphatic rings. The van der Waals surface area contributed by atoms with Gasteiger partial charge in [0.1, 0.15) is 0 Å². The van der Waals surface area contributed by atoms with Gasteiger partial charge in [0.25, 0.3) is 0 Å². The number of nitrogens with zero attached hydrogens (tertiary/aromatic N) is 2. The predicted molar refractivity (Wildman–Crippen MR) is 78.6 cm³/mol. The van der Waals surface area contributed by atoms with Gasteiger partial charge in [-0.25, -0.2) is 9.97 Å². The molecule has 0 atom stereocenters.